The molecular weight excluding hydrogens is 414 g/mol. The second-order valence-electron chi connectivity index (χ2n) is 6.08. The lowest BCUT2D eigenvalue weighted by atomic mass is 10.1. The maximum absolute atomic E-state index is 12.3. The molecule has 4 nitrogen and oxygen atoms in total. The van der Waals surface area contributed by atoms with Crippen LogP contribution in [0.25, 0.3) is 0 Å². The van der Waals surface area contributed by atoms with E-state index >= 15 is 0 Å². The summed E-state index contributed by atoms with van der Waals surface area (Å²) in [6.07, 6.45) is 6.06. The number of hydrogen-bond donors (Lipinski definition) is 0. The smallest absolute Gasteiger partial charge is 0.271 e. The molecule has 2 aromatic carbocycles. The molecule has 6 heteroatoms. The van der Waals surface area contributed by atoms with Crippen molar-refractivity contribution in [2.24, 2.45) is 0 Å². The molecule has 0 aromatic heterocycles. The molecule has 26 heavy (non-hydrogen) atoms. The van der Waals surface area contributed by atoms with Crippen LogP contribution in [-0.4, -0.2) is 39.6 Å². The Balaban J connectivity index is 2.02. The highest BCUT2D eigenvalue weighted by Gasteiger charge is 2.20. The Morgan fingerprint density at radius 3 is 2.38 bits per heavy atom. The first kappa shape index (κ1) is 20.7. The van der Waals surface area contributed by atoms with E-state index in [0.717, 1.165) is 10.0 Å². The van der Waals surface area contributed by atoms with Crippen LogP contribution in [0.4, 0.5) is 0 Å². The molecule has 0 saturated carbocycles. The molecule has 2 aromatic rings. The maximum Gasteiger partial charge on any atom is 0.271 e. The topological polar surface area (TPSA) is 46.6 Å². The number of benzene rings is 2. The highest BCUT2D eigenvalue weighted by atomic mass is 79.9. The van der Waals surface area contributed by atoms with Crippen molar-refractivity contribution in [3.8, 4) is 12.3 Å². The van der Waals surface area contributed by atoms with Gasteiger partial charge in [-0.1, -0.05) is 64.3 Å². The van der Waals surface area contributed by atoms with Crippen LogP contribution in [-0.2, 0) is 26.5 Å². The van der Waals surface area contributed by atoms with Gasteiger partial charge in [0, 0.05) is 10.5 Å². The fraction of sp³-hybridized carbons (Fsp3) is 0.300. The zero-order chi connectivity index (χ0) is 19.0. The zero-order valence-corrected chi connectivity index (χ0v) is 17.0. The largest absolute Gasteiger partial charge is 0.290 e. The molecule has 0 amide bonds. The standard InChI is InChI=1S/C20H22BrNO3S/c1-3-13-22(2)20(14-17-7-5-4-6-8-17)15-25-26(23,24)16-18-9-11-19(21)12-10-18/h1,4-12,20H,13-16H2,2H3/t20-/m0/s1. The SMILES string of the molecule is C#CCN(C)[C@H](COS(=O)(=O)Cc1ccc(Br)cc1)Cc1ccccc1. The highest BCUT2D eigenvalue weighted by Crippen LogP contribution is 2.15. The van der Waals surface area contributed by atoms with Crippen LogP contribution in [0.3, 0.4) is 0 Å². The van der Waals surface area contributed by atoms with Gasteiger partial charge in [-0.05, 0) is 36.7 Å². The fourth-order valence-electron chi connectivity index (χ4n) is 2.51. The van der Waals surface area contributed by atoms with Gasteiger partial charge in [0.05, 0.1) is 13.2 Å². The average molecular weight is 436 g/mol. The molecule has 0 aliphatic rings. The first-order valence-corrected chi connectivity index (χ1v) is 10.6. The third-order valence-corrected chi connectivity index (χ3v) is 5.69. The van der Waals surface area contributed by atoms with Crippen LogP contribution in [0.1, 0.15) is 11.1 Å². The van der Waals surface area contributed by atoms with Crippen molar-refractivity contribution in [2.45, 2.75) is 18.2 Å². The molecule has 0 N–H and O–H groups in total. The number of rotatable bonds is 9. The van der Waals surface area contributed by atoms with E-state index in [9.17, 15) is 8.42 Å². The Kier molecular flexibility index (Phi) is 7.85. The van der Waals surface area contributed by atoms with E-state index in [2.05, 4.69) is 21.9 Å². The van der Waals surface area contributed by atoms with Gasteiger partial charge < -0.3 is 0 Å². The number of nitrogens with zero attached hydrogens (tertiary/aromatic N) is 1. The van der Waals surface area contributed by atoms with Crippen LogP contribution < -0.4 is 0 Å². The average Bonchev–Trinajstić information content (AvgIpc) is 2.61. The van der Waals surface area contributed by atoms with Crippen molar-refractivity contribution in [2.75, 3.05) is 20.2 Å². The molecule has 0 saturated heterocycles. The summed E-state index contributed by atoms with van der Waals surface area (Å²) in [6, 6.07) is 16.9. The van der Waals surface area contributed by atoms with Gasteiger partial charge >= 0.3 is 0 Å². The summed E-state index contributed by atoms with van der Waals surface area (Å²) in [5.41, 5.74) is 1.79. The van der Waals surface area contributed by atoms with Gasteiger partial charge in [0.2, 0.25) is 0 Å². The van der Waals surface area contributed by atoms with E-state index in [1.165, 1.54) is 0 Å². The molecule has 0 aliphatic heterocycles. The lowest BCUT2D eigenvalue weighted by Gasteiger charge is -2.26. The van der Waals surface area contributed by atoms with Crippen molar-refractivity contribution >= 4 is 26.0 Å². The van der Waals surface area contributed by atoms with Crippen LogP contribution in [0.15, 0.2) is 59.1 Å². The van der Waals surface area contributed by atoms with Gasteiger partial charge in [-0.15, -0.1) is 6.42 Å². The highest BCUT2D eigenvalue weighted by molar-refractivity contribution is 9.10. The van der Waals surface area contributed by atoms with Crippen molar-refractivity contribution < 1.29 is 12.6 Å². The molecule has 0 aliphatic carbocycles. The molecule has 0 bridgehead atoms. The van der Waals surface area contributed by atoms with Gasteiger partial charge in [0.1, 0.15) is 5.75 Å². The van der Waals surface area contributed by atoms with Gasteiger partial charge in [-0.3, -0.25) is 9.08 Å². The number of terminal acetylenes is 1. The molecule has 0 radical (unpaired) electrons. The third kappa shape index (κ3) is 6.93. The molecule has 0 fully saturated rings. The summed E-state index contributed by atoms with van der Waals surface area (Å²) in [5.74, 6) is 2.44. The quantitative estimate of drug-likeness (QED) is 0.446. The summed E-state index contributed by atoms with van der Waals surface area (Å²) in [7, 11) is -1.80. The number of halogens is 1. The van der Waals surface area contributed by atoms with Gasteiger partial charge in [0.25, 0.3) is 10.1 Å². The summed E-state index contributed by atoms with van der Waals surface area (Å²) in [6.45, 7) is 0.486. The molecular formula is C20H22BrNO3S. The van der Waals surface area contributed by atoms with Gasteiger partial charge in [0.15, 0.2) is 0 Å². The fourth-order valence-corrected chi connectivity index (χ4v) is 3.82. The molecule has 0 heterocycles. The predicted octanol–water partition coefficient (Wildman–Crippen LogP) is 3.47. The second-order valence-corrected chi connectivity index (χ2v) is 8.63. The Morgan fingerprint density at radius 2 is 1.77 bits per heavy atom. The first-order chi connectivity index (χ1) is 12.4. The summed E-state index contributed by atoms with van der Waals surface area (Å²) in [4.78, 5) is 1.93. The minimum Gasteiger partial charge on any atom is -0.290 e. The normalized spacial score (nSPS) is 12.7. The van der Waals surface area contributed by atoms with Crippen LogP contribution in [0, 0.1) is 12.3 Å². The number of hydrogen-bond acceptors (Lipinski definition) is 4. The molecule has 1 atom stereocenters. The Hall–Kier alpha value is -1.65. The van der Waals surface area contributed by atoms with Crippen LogP contribution in [0.2, 0.25) is 0 Å². The van der Waals surface area contributed by atoms with Crippen LogP contribution >= 0.6 is 15.9 Å². The molecule has 0 spiro atoms. The molecule has 138 valence electrons. The summed E-state index contributed by atoms with van der Waals surface area (Å²) >= 11 is 3.33. The lowest BCUT2D eigenvalue weighted by molar-refractivity contribution is 0.177. The predicted molar refractivity (Wildman–Crippen MR) is 108 cm³/mol. The second kappa shape index (κ2) is 9.89. The first-order valence-electron chi connectivity index (χ1n) is 8.19. The Morgan fingerprint density at radius 1 is 1.12 bits per heavy atom. The minimum atomic E-state index is -3.68. The minimum absolute atomic E-state index is 0.0614. The van der Waals surface area contributed by atoms with E-state index in [1.54, 1.807) is 12.1 Å². The summed E-state index contributed by atoms with van der Waals surface area (Å²) < 4.78 is 30.9. The Labute approximate surface area is 164 Å². The summed E-state index contributed by atoms with van der Waals surface area (Å²) in [5, 5.41) is 0. The maximum atomic E-state index is 12.3. The number of likely N-dealkylation sites (N-methyl/N-ethyl adjacent to an activating group) is 1. The van der Waals surface area contributed by atoms with Crippen molar-refractivity contribution in [1.82, 2.24) is 4.90 Å². The zero-order valence-electron chi connectivity index (χ0n) is 14.6. The van der Waals surface area contributed by atoms with Gasteiger partial charge in [-0.2, -0.15) is 8.42 Å². The van der Waals surface area contributed by atoms with E-state index in [1.807, 2.05) is 54.4 Å². The van der Waals surface area contributed by atoms with Crippen molar-refractivity contribution in [3.63, 3.8) is 0 Å². The lowest BCUT2D eigenvalue weighted by Crippen LogP contribution is -2.38. The van der Waals surface area contributed by atoms with E-state index in [0.29, 0.717) is 18.5 Å². The molecule has 2 rings (SSSR count). The van der Waals surface area contributed by atoms with Crippen molar-refractivity contribution in [3.05, 3.63) is 70.2 Å². The van der Waals surface area contributed by atoms with Crippen molar-refractivity contribution in [1.29, 1.82) is 0 Å². The Bertz CT molecular complexity index is 830. The van der Waals surface area contributed by atoms with E-state index < -0.39 is 10.1 Å². The monoisotopic (exact) mass is 435 g/mol. The molecule has 0 unspecified atom stereocenters. The van der Waals surface area contributed by atoms with E-state index in [4.69, 9.17) is 10.6 Å². The van der Waals surface area contributed by atoms with Crippen LogP contribution in [0.5, 0.6) is 0 Å². The third-order valence-electron chi connectivity index (χ3n) is 3.97. The van der Waals surface area contributed by atoms with E-state index in [-0.39, 0.29) is 18.4 Å². The van der Waals surface area contributed by atoms with Gasteiger partial charge in [-0.25, -0.2) is 0 Å².